The average molecular weight is 383 g/mol. The molecule has 0 atom stereocenters. The van der Waals surface area contributed by atoms with Crippen LogP contribution in [0.5, 0.6) is 17.2 Å². The summed E-state index contributed by atoms with van der Waals surface area (Å²) in [4.78, 5) is 12.1. The molecule has 0 spiro atoms. The van der Waals surface area contributed by atoms with Gasteiger partial charge in [-0.05, 0) is 47.2 Å². The van der Waals surface area contributed by atoms with Crippen molar-refractivity contribution in [3.63, 3.8) is 0 Å². The highest BCUT2D eigenvalue weighted by atomic mass is 16.5. The number of hydrogen-bond acceptors (Lipinski definition) is 4. The highest BCUT2D eigenvalue weighted by Crippen LogP contribution is 2.38. The van der Waals surface area contributed by atoms with Gasteiger partial charge in [-0.1, -0.05) is 38.1 Å². The zero-order chi connectivity index (χ0) is 20.5. The topological polar surface area (TPSA) is 56.8 Å². The van der Waals surface area contributed by atoms with E-state index in [1.54, 1.807) is 39.5 Å². The second kappa shape index (κ2) is 10.4. The molecule has 1 amide bonds. The lowest BCUT2D eigenvalue weighted by Crippen LogP contribution is -2.23. The molecule has 2 rings (SSSR count). The maximum absolute atomic E-state index is 12.1. The molecule has 0 aliphatic heterocycles. The molecular formula is C23H29NO4. The van der Waals surface area contributed by atoms with E-state index < -0.39 is 0 Å². The van der Waals surface area contributed by atoms with E-state index in [9.17, 15) is 4.79 Å². The molecule has 5 heteroatoms. The lowest BCUT2D eigenvalue weighted by molar-refractivity contribution is -0.116. The Bertz CT molecular complexity index is 785. The summed E-state index contributed by atoms with van der Waals surface area (Å²) in [5, 5.41) is 2.91. The van der Waals surface area contributed by atoms with Crippen LogP contribution in [0.15, 0.2) is 42.5 Å². The summed E-state index contributed by atoms with van der Waals surface area (Å²) >= 11 is 0. The zero-order valence-electron chi connectivity index (χ0n) is 17.2. The fraction of sp³-hybridized carbons (Fsp3) is 0.348. The van der Waals surface area contributed by atoms with E-state index in [0.29, 0.717) is 29.7 Å². The van der Waals surface area contributed by atoms with Crippen molar-refractivity contribution in [3.05, 3.63) is 59.2 Å². The van der Waals surface area contributed by atoms with Crippen LogP contribution in [0.2, 0.25) is 0 Å². The monoisotopic (exact) mass is 383 g/mol. The van der Waals surface area contributed by atoms with Gasteiger partial charge in [0.1, 0.15) is 0 Å². The third-order valence-electron chi connectivity index (χ3n) is 4.47. The molecule has 0 heterocycles. The zero-order valence-corrected chi connectivity index (χ0v) is 17.2. The highest BCUT2D eigenvalue weighted by molar-refractivity contribution is 5.91. The van der Waals surface area contributed by atoms with E-state index >= 15 is 0 Å². The second-order valence-electron chi connectivity index (χ2n) is 6.73. The summed E-state index contributed by atoms with van der Waals surface area (Å²) in [6, 6.07) is 12.1. The first kappa shape index (κ1) is 21.4. The van der Waals surface area contributed by atoms with Crippen LogP contribution in [0, 0.1) is 0 Å². The fourth-order valence-corrected chi connectivity index (χ4v) is 2.83. The van der Waals surface area contributed by atoms with Gasteiger partial charge in [0, 0.05) is 12.6 Å². The molecule has 0 aromatic heterocycles. The molecule has 0 saturated carbocycles. The van der Waals surface area contributed by atoms with Crippen LogP contribution in [-0.2, 0) is 11.2 Å². The van der Waals surface area contributed by atoms with Gasteiger partial charge in [0.05, 0.1) is 21.3 Å². The predicted octanol–water partition coefficient (Wildman–Crippen LogP) is 4.21. The molecule has 150 valence electrons. The number of carbonyl (C=O) groups is 1. The van der Waals surface area contributed by atoms with Crippen molar-refractivity contribution in [2.24, 2.45) is 0 Å². The molecule has 0 saturated heterocycles. The van der Waals surface area contributed by atoms with Crippen molar-refractivity contribution in [1.82, 2.24) is 5.32 Å². The average Bonchev–Trinajstić information content (AvgIpc) is 2.71. The van der Waals surface area contributed by atoms with Crippen molar-refractivity contribution in [2.45, 2.75) is 26.2 Å². The fourth-order valence-electron chi connectivity index (χ4n) is 2.83. The summed E-state index contributed by atoms with van der Waals surface area (Å²) in [6.07, 6.45) is 4.02. The van der Waals surface area contributed by atoms with Crippen molar-refractivity contribution in [3.8, 4) is 17.2 Å². The number of rotatable bonds is 9. The van der Waals surface area contributed by atoms with Crippen molar-refractivity contribution >= 4 is 12.0 Å². The van der Waals surface area contributed by atoms with E-state index in [-0.39, 0.29) is 5.91 Å². The van der Waals surface area contributed by atoms with Crippen LogP contribution < -0.4 is 19.5 Å². The Morgan fingerprint density at radius 3 is 2.11 bits per heavy atom. The Morgan fingerprint density at radius 2 is 1.61 bits per heavy atom. The molecular weight excluding hydrogens is 354 g/mol. The second-order valence-corrected chi connectivity index (χ2v) is 6.73. The van der Waals surface area contributed by atoms with E-state index in [2.05, 4.69) is 43.4 Å². The summed E-state index contributed by atoms with van der Waals surface area (Å²) in [5.74, 6) is 2.00. The number of benzene rings is 2. The van der Waals surface area contributed by atoms with E-state index in [4.69, 9.17) is 14.2 Å². The first-order chi connectivity index (χ1) is 13.5. The van der Waals surface area contributed by atoms with Gasteiger partial charge in [-0.3, -0.25) is 4.79 Å². The normalized spacial score (nSPS) is 10.9. The molecule has 0 unspecified atom stereocenters. The van der Waals surface area contributed by atoms with Crippen LogP contribution in [-0.4, -0.2) is 33.8 Å². The Balaban J connectivity index is 1.92. The summed E-state index contributed by atoms with van der Waals surface area (Å²) in [7, 11) is 4.68. The van der Waals surface area contributed by atoms with Gasteiger partial charge in [-0.15, -0.1) is 0 Å². The standard InChI is InChI=1S/C23H29NO4/c1-16(2)19-9-6-17(7-10-19)12-13-24-22(25)11-8-18-14-20(26-3)23(28-5)21(15-18)27-4/h6-11,14-16H,12-13H2,1-5H3,(H,24,25)/b11-8+. The minimum absolute atomic E-state index is 0.146. The molecule has 2 aromatic rings. The van der Waals surface area contributed by atoms with Crippen LogP contribution in [0.1, 0.15) is 36.5 Å². The highest BCUT2D eigenvalue weighted by Gasteiger charge is 2.12. The van der Waals surface area contributed by atoms with Gasteiger partial charge < -0.3 is 19.5 Å². The van der Waals surface area contributed by atoms with Crippen LogP contribution in [0.3, 0.4) is 0 Å². The quantitative estimate of drug-likeness (QED) is 0.659. The van der Waals surface area contributed by atoms with E-state index in [1.807, 2.05) is 0 Å². The number of ether oxygens (including phenoxy) is 3. The van der Waals surface area contributed by atoms with Crippen molar-refractivity contribution in [1.29, 1.82) is 0 Å². The number of carbonyl (C=O) groups excluding carboxylic acids is 1. The number of amides is 1. The lowest BCUT2D eigenvalue weighted by atomic mass is 10.0. The maximum atomic E-state index is 12.1. The molecule has 5 nitrogen and oxygen atoms in total. The number of methoxy groups -OCH3 is 3. The first-order valence-electron chi connectivity index (χ1n) is 9.33. The molecule has 0 radical (unpaired) electrons. The molecule has 0 bridgehead atoms. The first-order valence-corrected chi connectivity index (χ1v) is 9.33. The Morgan fingerprint density at radius 1 is 1.00 bits per heavy atom. The predicted molar refractivity (Wildman–Crippen MR) is 112 cm³/mol. The SMILES string of the molecule is COc1cc(/C=C/C(=O)NCCc2ccc(C(C)C)cc2)cc(OC)c1OC. The third kappa shape index (κ3) is 5.78. The Hall–Kier alpha value is -2.95. The molecule has 2 aromatic carbocycles. The van der Waals surface area contributed by atoms with Gasteiger partial charge >= 0.3 is 0 Å². The van der Waals surface area contributed by atoms with Gasteiger partial charge in [0.2, 0.25) is 11.7 Å². The van der Waals surface area contributed by atoms with Gasteiger partial charge in [-0.25, -0.2) is 0 Å². The molecule has 0 fully saturated rings. The van der Waals surface area contributed by atoms with Crippen LogP contribution in [0.4, 0.5) is 0 Å². The van der Waals surface area contributed by atoms with Gasteiger partial charge in [0.25, 0.3) is 0 Å². The summed E-state index contributed by atoms with van der Waals surface area (Å²) < 4.78 is 15.9. The Labute approximate surface area is 167 Å². The van der Waals surface area contributed by atoms with E-state index in [1.165, 1.54) is 17.2 Å². The molecule has 1 N–H and O–H groups in total. The van der Waals surface area contributed by atoms with Crippen molar-refractivity contribution in [2.75, 3.05) is 27.9 Å². The third-order valence-corrected chi connectivity index (χ3v) is 4.47. The van der Waals surface area contributed by atoms with Crippen LogP contribution >= 0.6 is 0 Å². The molecule has 0 aliphatic carbocycles. The Kier molecular flexibility index (Phi) is 7.93. The number of nitrogens with one attached hydrogen (secondary N) is 1. The number of hydrogen-bond donors (Lipinski definition) is 1. The lowest BCUT2D eigenvalue weighted by Gasteiger charge is -2.12. The largest absolute Gasteiger partial charge is 0.493 e. The molecule has 0 aliphatic rings. The minimum atomic E-state index is -0.146. The van der Waals surface area contributed by atoms with Crippen LogP contribution in [0.25, 0.3) is 6.08 Å². The van der Waals surface area contributed by atoms with Crippen molar-refractivity contribution < 1.29 is 19.0 Å². The van der Waals surface area contributed by atoms with Gasteiger partial charge in [-0.2, -0.15) is 0 Å². The summed E-state index contributed by atoms with van der Waals surface area (Å²) in [6.45, 7) is 4.94. The van der Waals surface area contributed by atoms with Gasteiger partial charge in [0.15, 0.2) is 11.5 Å². The minimum Gasteiger partial charge on any atom is -0.493 e. The van der Waals surface area contributed by atoms with E-state index in [0.717, 1.165) is 12.0 Å². The maximum Gasteiger partial charge on any atom is 0.244 e. The smallest absolute Gasteiger partial charge is 0.244 e. The summed E-state index contributed by atoms with van der Waals surface area (Å²) in [5.41, 5.74) is 3.31. The molecule has 28 heavy (non-hydrogen) atoms.